The molecular weight excluding hydrogens is 444 g/mol. The van der Waals surface area contributed by atoms with Crippen molar-refractivity contribution in [2.24, 2.45) is 11.7 Å². The maximum Gasteiger partial charge on any atom is 0.326 e. The molecule has 0 heterocycles. The number of benzene rings is 1. The number of carboxylic acid groups (broad SMARTS) is 1. The fourth-order valence-corrected chi connectivity index (χ4v) is 3.57. The molecule has 9 nitrogen and oxygen atoms in total. The van der Waals surface area contributed by atoms with Crippen molar-refractivity contribution in [1.29, 1.82) is 0 Å². The molecule has 184 valence electrons. The quantitative estimate of drug-likeness (QED) is 0.266. The zero-order chi connectivity index (χ0) is 25.0. The number of amides is 3. The lowest BCUT2D eigenvalue weighted by molar-refractivity contribution is -0.142. The number of carboxylic acids is 1. The van der Waals surface area contributed by atoms with Crippen LogP contribution in [0.2, 0.25) is 0 Å². The molecule has 0 bridgehead atoms. The van der Waals surface area contributed by atoms with E-state index in [1.807, 2.05) is 26.2 Å². The van der Waals surface area contributed by atoms with E-state index in [9.17, 15) is 24.3 Å². The molecule has 0 spiro atoms. The molecule has 0 aromatic heterocycles. The third-order valence-electron chi connectivity index (χ3n) is 4.96. The van der Waals surface area contributed by atoms with Gasteiger partial charge in [0.25, 0.3) is 0 Å². The van der Waals surface area contributed by atoms with Crippen LogP contribution in [0, 0.1) is 5.92 Å². The molecule has 0 fully saturated rings. The molecule has 3 amide bonds. The van der Waals surface area contributed by atoms with E-state index in [2.05, 4.69) is 16.0 Å². The standard InChI is InChI=1S/C23H36N4O5S/c1-14(2)12-18(26-21(29)17(24)10-11-33-4)22(30)25-15(3)20(28)27-19(23(31)32)13-16-8-6-5-7-9-16/h5-9,14-15,17-19H,10-13,24H2,1-4H3,(H,25,30)(H,26,29)(H,27,28)(H,31,32). The van der Waals surface area contributed by atoms with Crippen molar-refractivity contribution in [1.82, 2.24) is 16.0 Å². The van der Waals surface area contributed by atoms with Crippen LogP contribution < -0.4 is 21.7 Å². The van der Waals surface area contributed by atoms with Crippen LogP contribution in [0.4, 0.5) is 0 Å². The Morgan fingerprint density at radius 1 is 0.939 bits per heavy atom. The van der Waals surface area contributed by atoms with Gasteiger partial charge in [0.2, 0.25) is 17.7 Å². The summed E-state index contributed by atoms with van der Waals surface area (Å²) >= 11 is 1.58. The summed E-state index contributed by atoms with van der Waals surface area (Å²) in [4.78, 5) is 49.4. The number of nitrogens with one attached hydrogen (secondary N) is 3. The topological polar surface area (TPSA) is 151 Å². The van der Waals surface area contributed by atoms with E-state index in [1.165, 1.54) is 6.92 Å². The van der Waals surface area contributed by atoms with Crippen LogP contribution in [-0.4, -0.2) is 65.0 Å². The Labute approximate surface area is 199 Å². The van der Waals surface area contributed by atoms with Gasteiger partial charge in [-0.3, -0.25) is 14.4 Å². The van der Waals surface area contributed by atoms with Gasteiger partial charge >= 0.3 is 5.97 Å². The van der Waals surface area contributed by atoms with Crippen molar-refractivity contribution in [3.63, 3.8) is 0 Å². The van der Waals surface area contributed by atoms with Gasteiger partial charge in [0, 0.05) is 6.42 Å². The Kier molecular flexibility index (Phi) is 12.5. The zero-order valence-corrected chi connectivity index (χ0v) is 20.5. The first-order chi connectivity index (χ1) is 15.5. The molecule has 0 aliphatic rings. The number of nitrogens with two attached hydrogens (primary N) is 1. The first-order valence-electron chi connectivity index (χ1n) is 11.0. The van der Waals surface area contributed by atoms with Crippen LogP contribution in [0.25, 0.3) is 0 Å². The van der Waals surface area contributed by atoms with E-state index in [4.69, 9.17) is 5.73 Å². The maximum absolute atomic E-state index is 12.8. The number of hydrogen-bond acceptors (Lipinski definition) is 6. The summed E-state index contributed by atoms with van der Waals surface area (Å²) in [5, 5.41) is 17.2. The second-order valence-electron chi connectivity index (χ2n) is 8.40. The molecule has 10 heteroatoms. The molecule has 4 atom stereocenters. The van der Waals surface area contributed by atoms with Crippen LogP contribution in [0.1, 0.15) is 39.2 Å². The molecule has 33 heavy (non-hydrogen) atoms. The van der Waals surface area contributed by atoms with Gasteiger partial charge in [0.1, 0.15) is 18.1 Å². The van der Waals surface area contributed by atoms with Crippen LogP contribution in [0.5, 0.6) is 0 Å². The number of rotatable bonds is 14. The summed E-state index contributed by atoms with van der Waals surface area (Å²) in [6.07, 6.45) is 2.89. The number of aliphatic carboxylic acids is 1. The lowest BCUT2D eigenvalue weighted by Crippen LogP contribution is -2.56. The molecule has 1 aromatic rings. The summed E-state index contributed by atoms with van der Waals surface area (Å²) in [6, 6.07) is 5.23. The van der Waals surface area contributed by atoms with Crippen molar-refractivity contribution in [2.45, 2.75) is 64.2 Å². The average molecular weight is 481 g/mol. The molecule has 0 saturated heterocycles. The highest BCUT2D eigenvalue weighted by Gasteiger charge is 2.28. The molecule has 0 saturated carbocycles. The second kappa shape index (κ2) is 14.5. The van der Waals surface area contributed by atoms with Gasteiger partial charge in [0.15, 0.2) is 0 Å². The van der Waals surface area contributed by atoms with Crippen LogP contribution in [0.15, 0.2) is 30.3 Å². The highest BCUT2D eigenvalue weighted by atomic mass is 32.2. The third kappa shape index (κ3) is 10.7. The third-order valence-corrected chi connectivity index (χ3v) is 5.60. The van der Waals surface area contributed by atoms with E-state index in [0.717, 1.165) is 11.3 Å². The second-order valence-corrected chi connectivity index (χ2v) is 9.38. The summed E-state index contributed by atoms with van der Waals surface area (Å²) in [5.74, 6) is -1.91. The summed E-state index contributed by atoms with van der Waals surface area (Å²) in [7, 11) is 0. The molecule has 4 unspecified atom stereocenters. The molecule has 0 radical (unpaired) electrons. The number of carbonyl (C=O) groups is 4. The van der Waals surface area contributed by atoms with Gasteiger partial charge < -0.3 is 26.8 Å². The Hall–Kier alpha value is -2.59. The van der Waals surface area contributed by atoms with Crippen molar-refractivity contribution in [2.75, 3.05) is 12.0 Å². The van der Waals surface area contributed by atoms with Gasteiger partial charge in [-0.05, 0) is 43.3 Å². The van der Waals surface area contributed by atoms with Crippen LogP contribution >= 0.6 is 11.8 Å². The predicted molar refractivity (Wildman–Crippen MR) is 130 cm³/mol. The minimum Gasteiger partial charge on any atom is -0.480 e. The van der Waals surface area contributed by atoms with Gasteiger partial charge in [-0.2, -0.15) is 11.8 Å². The minimum absolute atomic E-state index is 0.106. The van der Waals surface area contributed by atoms with Crippen molar-refractivity contribution in [3.05, 3.63) is 35.9 Å². The van der Waals surface area contributed by atoms with E-state index >= 15 is 0 Å². The summed E-state index contributed by atoms with van der Waals surface area (Å²) < 4.78 is 0. The maximum atomic E-state index is 12.8. The Bertz CT molecular complexity index is 790. The highest BCUT2D eigenvalue weighted by Crippen LogP contribution is 2.08. The molecular formula is C23H36N4O5S. The van der Waals surface area contributed by atoms with Gasteiger partial charge in [-0.15, -0.1) is 0 Å². The fourth-order valence-electron chi connectivity index (χ4n) is 3.08. The van der Waals surface area contributed by atoms with Gasteiger partial charge in [-0.25, -0.2) is 4.79 Å². The first-order valence-corrected chi connectivity index (χ1v) is 12.4. The zero-order valence-electron chi connectivity index (χ0n) is 19.7. The molecule has 6 N–H and O–H groups in total. The number of carbonyl (C=O) groups excluding carboxylic acids is 3. The van der Waals surface area contributed by atoms with Crippen molar-refractivity contribution in [3.8, 4) is 0 Å². The van der Waals surface area contributed by atoms with E-state index in [-0.39, 0.29) is 12.3 Å². The fraction of sp³-hybridized carbons (Fsp3) is 0.565. The van der Waals surface area contributed by atoms with E-state index in [1.54, 1.807) is 36.0 Å². The molecule has 0 aliphatic carbocycles. The largest absolute Gasteiger partial charge is 0.480 e. The monoisotopic (exact) mass is 480 g/mol. The average Bonchev–Trinajstić information content (AvgIpc) is 2.76. The lowest BCUT2D eigenvalue weighted by Gasteiger charge is -2.24. The summed E-state index contributed by atoms with van der Waals surface area (Å²) in [5.41, 5.74) is 6.66. The van der Waals surface area contributed by atoms with E-state index in [0.29, 0.717) is 12.8 Å². The Morgan fingerprint density at radius 2 is 1.55 bits per heavy atom. The van der Waals surface area contributed by atoms with E-state index < -0.39 is 47.9 Å². The van der Waals surface area contributed by atoms with Crippen molar-refractivity contribution < 1.29 is 24.3 Å². The highest BCUT2D eigenvalue weighted by molar-refractivity contribution is 7.98. The molecule has 1 aromatic carbocycles. The van der Waals surface area contributed by atoms with Gasteiger partial charge in [0.05, 0.1) is 6.04 Å². The molecule has 1 rings (SSSR count). The summed E-state index contributed by atoms with van der Waals surface area (Å²) in [6.45, 7) is 5.29. The number of hydrogen-bond donors (Lipinski definition) is 5. The van der Waals surface area contributed by atoms with Crippen LogP contribution in [-0.2, 0) is 25.6 Å². The molecule has 0 aliphatic heterocycles. The minimum atomic E-state index is -1.17. The normalized spacial score (nSPS) is 14.6. The van der Waals surface area contributed by atoms with Crippen LogP contribution in [0.3, 0.4) is 0 Å². The van der Waals surface area contributed by atoms with Gasteiger partial charge in [-0.1, -0.05) is 44.2 Å². The predicted octanol–water partition coefficient (Wildman–Crippen LogP) is 0.915. The first kappa shape index (κ1) is 28.4. The smallest absolute Gasteiger partial charge is 0.326 e. The van der Waals surface area contributed by atoms with Crippen molar-refractivity contribution >= 4 is 35.5 Å². The lowest BCUT2D eigenvalue weighted by atomic mass is 10.0. The Balaban J connectivity index is 2.75. The Morgan fingerprint density at radius 3 is 2.09 bits per heavy atom. The SMILES string of the molecule is CSCCC(N)C(=O)NC(CC(C)C)C(=O)NC(C)C(=O)NC(Cc1ccccc1)C(=O)O. The number of thioether (sulfide) groups is 1.